The third-order valence-corrected chi connectivity index (χ3v) is 7.24. The Morgan fingerprint density at radius 3 is 2.45 bits per heavy atom. The first-order valence-corrected chi connectivity index (χ1v) is 11.5. The molecule has 0 unspecified atom stereocenters. The van der Waals surface area contributed by atoms with E-state index in [0.717, 1.165) is 60.6 Å². The highest BCUT2D eigenvalue weighted by atomic mass is 32.1. The molecule has 5 nitrogen and oxygen atoms in total. The van der Waals surface area contributed by atoms with Crippen LogP contribution < -0.4 is 0 Å². The van der Waals surface area contributed by atoms with Gasteiger partial charge in [-0.2, -0.15) is 13.2 Å². The third kappa shape index (κ3) is 3.73. The van der Waals surface area contributed by atoms with E-state index in [9.17, 15) is 18.0 Å². The Labute approximate surface area is 181 Å². The van der Waals surface area contributed by atoms with Gasteiger partial charge in [0, 0.05) is 30.4 Å². The maximum atomic E-state index is 13.2. The molecule has 1 aromatic carbocycles. The zero-order chi connectivity index (χ0) is 21.8. The SMILES string of the molecule is Cc1nc(C(=O)N2CCC(n3c(C4CCC4)nc4cc(C(F)(F)F)ccc43)CC2)cs1. The number of imidazole rings is 1. The third-order valence-electron chi connectivity index (χ3n) is 6.47. The molecule has 2 aromatic heterocycles. The van der Waals surface area contributed by atoms with Crippen molar-refractivity contribution in [2.75, 3.05) is 13.1 Å². The lowest BCUT2D eigenvalue weighted by atomic mass is 9.84. The number of amides is 1. The number of alkyl halides is 3. The predicted molar refractivity (Wildman–Crippen MR) is 112 cm³/mol. The Balaban J connectivity index is 1.42. The molecule has 2 fully saturated rings. The van der Waals surface area contributed by atoms with E-state index in [0.29, 0.717) is 30.2 Å². The average Bonchev–Trinajstić information content (AvgIpc) is 3.28. The standard InChI is InChI=1S/C22H23F3N4OS/c1-13-26-18(12-31-13)21(30)28-9-7-16(8-10-28)29-19-6-5-15(22(23,24)25)11-17(19)27-20(29)14-3-2-4-14/h5-6,11-12,14,16H,2-4,7-10H2,1H3. The largest absolute Gasteiger partial charge is 0.416 e. The Morgan fingerprint density at radius 2 is 1.87 bits per heavy atom. The fourth-order valence-corrected chi connectivity index (χ4v) is 5.17. The molecule has 3 heterocycles. The van der Waals surface area contributed by atoms with Gasteiger partial charge in [-0.15, -0.1) is 11.3 Å². The zero-order valence-electron chi connectivity index (χ0n) is 17.2. The molecule has 9 heteroatoms. The van der Waals surface area contributed by atoms with Crippen LogP contribution in [0, 0.1) is 6.92 Å². The van der Waals surface area contributed by atoms with E-state index < -0.39 is 11.7 Å². The van der Waals surface area contributed by atoms with Gasteiger partial charge >= 0.3 is 6.18 Å². The summed E-state index contributed by atoms with van der Waals surface area (Å²) in [5.41, 5.74) is 0.996. The van der Waals surface area contributed by atoms with Crippen LogP contribution >= 0.6 is 11.3 Å². The van der Waals surface area contributed by atoms with Crippen LogP contribution in [-0.2, 0) is 6.18 Å². The molecule has 3 aromatic rings. The number of fused-ring (bicyclic) bond motifs is 1. The van der Waals surface area contributed by atoms with Gasteiger partial charge in [-0.1, -0.05) is 6.42 Å². The van der Waals surface area contributed by atoms with E-state index in [1.54, 1.807) is 11.4 Å². The summed E-state index contributed by atoms with van der Waals surface area (Å²) in [6.45, 7) is 3.08. The fraction of sp³-hybridized carbons (Fsp3) is 0.500. The lowest BCUT2D eigenvalue weighted by molar-refractivity contribution is -0.137. The van der Waals surface area contributed by atoms with Gasteiger partial charge in [-0.05, 0) is 50.8 Å². The molecule has 1 aliphatic heterocycles. The first-order valence-electron chi connectivity index (χ1n) is 10.6. The highest BCUT2D eigenvalue weighted by Crippen LogP contribution is 2.41. The van der Waals surface area contributed by atoms with E-state index in [1.165, 1.54) is 11.3 Å². The molecule has 2 aliphatic rings. The van der Waals surface area contributed by atoms with E-state index in [2.05, 4.69) is 14.5 Å². The second-order valence-electron chi connectivity index (χ2n) is 8.44. The summed E-state index contributed by atoms with van der Waals surface area (Å²) in [5, 5.41) is 2.66. The number of carbonyl (C=O) groups is 1. The molecule has 31 heavy (non-hydrogen) atoms. The molecule has 1 aliphatic carbocycles. The van der Waals surface area contributed by atoms with Crippen molar-refractivity contribution in [1.29, 1.82) is 0 Å². The van der Waals surface area contributed by atoms with Crippen molar-refractivity contribution in [3.8, 4) is 0 Å². The van der Waals surface area contributed by atoms with Crippen LogP contribution in [0.25, 0.3) is 11.0 Å². The summed E-state index contributed by atoms with van der Waals surface area (Å²) in [5.74, 6) is 1.16. The molecule has 1 saturated carbocycles. The van der Waals surface area contributed by atoms with Gasteiger partial charge < -0.3 is 9.47 Å². The van der Waals surface area contributed by atoms with Crippen molar-refractivity contribution in [3.63, 3.8) is 0 Å². The summed E-state index contributed by atoms with van der Waals surface area (Å²) in [4.78, 5) is 23.5. The first-order chi connectivity index (χ1) is 14.8. The molecular weight excluding hydrogens is 425 g/mol. The topological polar surface area (TPSA) is 51.0 Å². The number of nitrogens with zero attached hydrogens (tertiary/aromatic N) is 4. The minimum Gasteiger partial charge on any atom is -0.337 e. The highest BCUT2D eigenvalue weighted by molar-refractivity contribution is 7.09. The van der Waals surface area contributed by atoms with Gasteiger partial charge in [0.25, 0.3) is 5.91 Å². The Hall–Kier alpha value is -2.42. The molecule has 1 saturated heterocycles. The van der Waals surface area contributed by atoms with Gasteiger partial charge in [0.2, 0.25) is 0 Å². The number of benzene rings is 1. The number of likely N-dealkylation sites (tertiary alicyclic amines) is 1. The molecular formula is C22H23F3N4OS. The molecule has 0 N–H and O–H groups in total. The molecule has 0 bridgehead atoms. The van der Waals surface area contributed by atoms with Crippen LogP contribution in [-0.4, -0.2) is 38.4 Å². The number of piperidine rings is 1. The van der Waals surface area contributed by atoms with Gasteiger partial charge in [0.15, 0.2) is 0 Å². The van der Waals surface area contributed by atoms with Crippen molar-refractivity contribution in [1.82, 2.24) is 19.4 Å². The predicted octanol–water partition coefficient (Wildman–Crippen LogP) is 5.56. The van der Waals surface area contributed by atoms with Crippen LogP contribution in [0.2, 0.25) is 0 Å². The lowest BCUT2D eigenvalue weighted by Crippen LogP contribution is -2.39. The summed E-state index contributed by atoms with van der Waals surface area (Å²) < 4.78 is 41.8. The van der Waals surface area contributed by atoms with Gasteiger partial charge in [-0.25, -0.2) is 9.97 Å². The van der Waals surface area contributed by atoms with Gasteiger partial charge in [0.05, 0.1) is 21.6 Å². The molecule has 0 spiro atoms. The number of hydrogen-bond acceptors (Lipinski definition) is 4. The van der Waals surface area contributed by atoms with E-state index in [4.69, 9.17) is 0 Å². The Morgan fingerprint density at radius 1 is 1.13 bits per heavy atom. The maximum Gasteiger partial charge on any atom is 0.416 e. The van der Waals surface area contributed by atoms with Gasteiger partial charge in [0.1, 0.15) is 11.5 Å². The second-order valence-corrected chi connectivity index (χ2v) is 9.51. The van der Waals surface area contributed by atoms with Crippen LogP contribution in [0.4, 0.5) is 13.2 Å². The summed E-state index contributed by atoms with van der Waals surface area (Å²) in [7, 11) is 0. The molecule has 1 amide bonds. The van der Waals surface area contributed by atoms with Crippen molar-refractivity contribution >= 4 is 28.3 Å². The van der Waals surface area contributed by atoms with E-state index in [-0.39, 0.29) is 11.9 Å². The minimum absolute atomic E-state index is 0.0488. The van der Waals surface area contributed by atoms with Crippen LogP contribution in [0.3, 0.4) is 0 Å². The van der Waals surface area contributed by atoms with Crippen LogP contribution in [0.15, 0.2) is 23.6 Å². The van der Waals surface area contributed by atoms with E-state index in [1.807, 2.05) is 11.8 Å². The zero-order valence-corrected chi connectivity index (χ0v) is 18.0. The number of aryl methyl sites for hydroxylation is 1. The smallest absolute Gasteiger partial charge is 0.337 e. The van der Waals surface area contributed by atoms with Crippen molar-refractivity contribution in [2.45, 2.75) is 57.2 Å². The van der Waals surface area contributed by atoms with Crippen LogP contribution in [0.5, 0.6) is 0 Å². The minimum atomic E-state index is -4.38. The highest BCUT2D eigenvalue weighted by Gasteiger charge is 2.34. The second kappa shape index (κ2) is 7.62. The summed E-state index contributed by atoms with van der Waals surface area (Å²) in [6.07, 6.45) is 0.296. The average molecular weight is 449 g/mol. The maximum absolute atomic E-state index is 13.2. The summed E-state index contributed by atoms with van der Waals surface area (Å²) >= 11 is 1.46. The Bertz CT molecular complexity index is 1120. The number of halogens is 3. The fourth-order valence-electron chi connectivity index (χ4n) is 4.58. The molecule has 5 rings (SSSR count). The summed E-state index contributed by atoms with van der Waals surface area (Å²) in [6, 6.07) is 3.99. The van der Waals surface area contributed by atoms with Crippen molar-refractivity contribution in [3.05, 3.63) is 45.7 Å². The number of hydrogen-bond donors (Lipinski definition) is 0. The van der Waals surface area contributed by atoms with Crippen molar-refractivity contribution < 1.29 is 18.0 Å². The van der Waals surface area contributed by atoms with Gasteiger partial charge in [-0.3, -0.25) is 4.79 Å². The normalized spacial score (nSPS) is 18.5. The molecule has 164 valence electrons. The van der Waals surface area contributed by atoms with Crippen LogP contribution in [0.1, 0.15) is 70.9 Å². The number of rotatable bonds is 3. The Kier molecular flexibility index (Phi) is 5.03. The molecule has 0 atom stereocenters. The monoisotopic (exact) mass is 448 g/mol. The number of aromatic nitrogens is 3. The lowest BCUT2D eigenvalue weighted by Gasteiger charge is -2.35. The number of carbonyl (C=O) groups excluding carboxylic acids is 1. The van der Waals surface area contributed by atoms with E-state index >= 15 is 0 Å². The number of thiazole rings is 1. The van der Waals surface area contributed by atoms with Crippen molar-refractivity contribution in [2.24, 2.45) is 0 Å². The first kappa shape index (κ1) is 20.5. The molecule has 0 radical (unpaired) electrons. The quantitative estimate of drug-likeness (QED) is 0.527.